The van der Waals surface area contributed by atoms with Gasteiger partial charge in [0, 0.05) is 17.3 Å². The van der Waals surface area contributed by atoms with Crippen molar-refractivity contribution in [2.45, 2.75) is 31.9 Å². The summed E-state index contributed by atoms with van der Waals surface area (Å²) in [4.78, 5) is 2.40. The Morgan fingerprint density at radius 2 is 2.00 bits per heavy atom. The van der Waals surface area contributed by atoms with Crippen molar-refractivity contribution in [1.29, 1.82) is 0 Å². The zero-order valence-electron chi connectivity index (χ0n) is 13.6. The molecule has 2 aromatic rings. The second-order valence-corrected chi connectivity index (χ2v) is 7.41. The molecule has 0 spiro atoms. The predicted molar refractivity (Wildman–Crippen MR) is 93.6 cm³/mol. The highest BCUT2D eigenvalue weighted by Gasteiger charge is 2.23. The lowest BCUT2D eigenvalue weighted by molar-refractivity contribution is 0.243. The standard InChI is InChI=1S/C17H23N3O2S/c1-3-20-10-8-16(9-11-20)23(21)19-15-6-4-14(5-7-15)17-12-13(2)18-22-17/h4-7,12,16,19H,3,8-11H2,1-2H3. The molecule has 23 heavy (non-hydrogen) atoms. The highest BCUT2D eigenvalue weighted by Crippen LogP contribution is 2.23. The van der Waals surface area contributed by atoms with Crippen LogP contribution >= 0.6 is 0 Å². The Kier molecular flexibility index (Phi) is 5.13. The second-order valence-electron chi connectivity index (χ2n) is 5.94. The Morgan fingerprint density at radius 1 is 1.30 bits per heavy atom. The summed E-state index contributed by atoms with van der Waals surface area (Å²) in [5.41, 5.74) is 2.71. The van der Waals surface area contributed by atoms with E-state index in [1.807, 2.05) is 37.3 Å². The number of aromatic nitrogens is 1. The number of piperidine rings is 1. The number of aryl methyl sites for hydroxylation is 1. The van der Waals surface area contributed by atoms with Gasteiger partial charge in [-0.2, -0.15) is 0 Å². The molecule has 0 aliphatic carbocycles. The number of likely N-dealkylation sites (tertiary alicyclic amines) is 1. The van der Waals surface area contributed by atoms with E-state index in [9.17, 15) is 4.21 Å². The van der Waals surface area contributed by atoms with Crippen LogP contribution in [0.5, 0.6) is 0 Å². The summed E-state index contributed by atoms with van der Waals surface area (Å²) in [5, 5.41) is 4.13. The van der Waals surface area contributed by atoms with Crippen LogP contribution in [-0.2, 0) is 11.0 Å². The van der Waals surface area contributed by atoms with Gasteiger partial charge in [0.1, 0.15) is 11.0 Å². The quantitative estimate of drug-likeness (QED) is 0.913. The van der Waals surface area contributed by atoms with Gasteiger partial charge in [0.2, 0.25) is 0 Å². The first kappa shape index (κ1) is 16.2. The van der Waals surface area contributed by atoms with Crippen LogP contribution in [0.4, 0.5) is 5.69 Å². The number of rotatable bonds is 5. The van der Waals surface area contributed by atoms with E-state index in [1.54, 1.807) is 0 Å². The fraction of sp³-hybridized carbons (Fsp3) is 0.471. The molecule has 5 nitrogen and oxygen atoms in total. The minimum absolute atomic E-state index is 0.231. The zero-order chi connectivity index (χ0) is 16.2. The van der Waals surface area contributed by atoms with Gasteiger partial charge >= 0.3 is 0 Å². The van der Waals surface area contributed by atoms with E-state index in [1.165, 1.54) is 0 Å². The van der Waals surface area contributed by atoms with Crippen molar-refractivity contribution < 1.29 is 8.73 Å². The third-order valence-corrected chi connectivity index (χ3v) is 5.81. The largest absolute Gasteiger partial charge is 0.356 e. The van der Waals surface area contributed by atoms with Crippen LogP contribution < -0.4 is 4.72 Å². The van der Waals surface area contributed by atoms with Gasteiger partial charge in [-0.25, -0.2) is 4.21 Å². The first-order chi connectivity index (χ1) is 11.2. The summed E-state index contributed by atoms with van der Waals surface area (Å²) in [5.74, 6) is 0.752. The molecule has 1 atom stereocenters. The minimum atomic E-state index is -1.03. The molecule has 1 fully saturated rings. The highest BCUT2D eigenvalue weighted by atomic mass is 32.2. The van der Waals surface area contributed by atoms with Gasteiger partial charge in [0.15, 0.2) is 5.76 Å². The molecule has 2 heterocycles. The summed E-state index contributed by atoms with van der Waals surface area (Å²) in [6, 6.07) is 9.69. The fourth-order valence-corrected chi connectivity index (χ4v) is 4.02. The van der Waals surface area contributed by atoms with Crippen LogP contribution in [-0.4, -0.2) is 39.1 Å². The maximum atomic E-state index is 12.5. The van der Waals surface area contributed by atoms with E-state index in [4.69, 9.17) is 4.52 Å². The molecule has 1 aliphatic heterocycles. The van der Waals surface area contributed by atoms with E-state index >= 15 is 0 Å². The average molecular weight is 333 g/mol. The number of hydrogen-bond donors (Lipinski definition) is 1. The molecule has 1 aromatic carbocycles. The summed E-state index contributed by atoms with van der Waals surface area (Å²) >= 11 is 0. The Morgan fingerprint density at radius 3 is 2.57 bits per heavy atom. The first-order valence-electron chi connectivity index (χ1n) is 8.09. The Labute approximate surface area is 139 Å². The van der Waals surface area contributed by atoms with Gasteiger partial charge < -0.3 is 14.1 Å². The lowest BCUT2D eigenvalue weighted by atomic mass is 10.1. The molecule has 0 radical (unpaired) electrons. The van der Waals surface area contributed by atoms with E-state index in [0.717, 1.165) is 55.2 Å². The van der Waals surface area contributed by atoms with E-state index in [-0.39, 0.29) is 5.25 Å². The molecule has 1 aliphatic rings. The molecular formula is C17H23N3O2S. The van der Waals surface area contributed by atoms with Crippen molar-refractivity contribution in [2.75, 3.05) is 24.4 Å². The molecule has 0 amide bonds. The number of nitrogens with zero attached hydrogens (tertiary/aromatic N) is 2. The summed E-state index contributed by atoms with van der Waals surface area (Å²) < 4.78 is 20.9. The smallest absolute Gasteiger partial charge is 0.167 e. The zero-order valence-corrected chi connectivity index (χ0v) is 14.4. The Hall–Kier alpha value is -1.66. The van der Waals surface area contributed by atoms with Crippen molar-refractivity contribution in [3.05, 3.63) is 36.0 Å². The van der Waals surface area contributed by atoms with Crippen molar-refractivity contribution in [1.82, 2.24) is 10.1 Å². The molecule has 1 saturated heterocycles. The fourth-order valence-electron chi connectivity index (χ4n) is 2.84. The van der Waals surface area contributed by atoms with Crippen LogP contribution in [0.15, 0.2) is 34.9 Å². The lowest BCUT2D eigenvalue weighted by Gasteiger charge is -2.30. The lowest BCUT2D eigenvalue weighted by Crippen LogP contribution is -2.38. The van der Waals surface area contributed by atoms with E-state index < -0.39 is 11.0 Å². The van der Waals surface area contributed by atoms with Crippen LogP contribution in [0.25, 0.3) is 11.3 Å². The molecule has 1 aromatic heterocycles. The molecule has 1 N–H and O–H groups in total. The second kappa shape index (κ2) is 7.27. The maximum Gasteiger partial charge on any atom is 0.167 e. The van der Waals surface area contributed by atoms with Gasteiger partial charge in [-0.1, -0.05) is 12.1 Å². The topological polar surface area (TPSA) is 58.4 Å². The van der Waals surface area contributed by atoms with Crippen LogP contribution in [0.3, 0.4) is 0 Å². The number of nitrogens with one attached hydrogen (secondary N) is 1. The van der Waals surface area contributed by atoms with Gasteiger partial charge in [-0.15, -0.1) is 0 Å². The molecule has 6 heteroatoms. The summed E-state index contributed by atoms with van der Waals surface area (Å²) in [6.07, 6.45) is 1.98. The predicted octanol–water partition coefficient (Wildman–Crippen LogP) is 3.21. The average Bonchev–Trinajstić information content (AvgIpc) is 3.02. The maximum absolute atomic E-state index is 12.5. The van der Waals surface area contributed by atoms with Gasteiger partial charge in [-0.05, 0) is 63.7 Å². The van der Waals surface area contributed by atoms with E-state index in [0.29, 0.717) is 0 Å². The number of hydrogen-bond acceptors (Lipinski definition) is 4. The molecular weight excluding hydrogens is 310 g/mol. The van der Waals surface area contributed by atoms with Gasteiger partial charge in [0.25, 0.3) is 0 Å². The normalized spacial score (nSPS) is 18.0. The SMILES string of the molecule is CCN1CCC(S(=O)Nc2ccc(-c3cc(C)no3)cc2)CC1. The number of anilines is 1. The van der Waals surface area contributed by atoms with E-state index in [2.05, 4.69) is 21.7 Å². The molecule has 3 rings (SSSR count). The van der Waals surface area contributed by atoms with Crippen LogP contribution in [0, 0.1) is 6.92 Å². The molecule has 1 unspecified atom stereocenters. The third-order valence-electron chi connectivity index (χ3n) is 4.30. The van der Waals surface area contributed by atoms with Crippen molar-refractivity contribution in [3.8, 4) is 11.3 Å². The Bertz CT molecular complexity index is 661. The van der Waals surface area contributed by atoms with Crippen molar-refractivity contribution in [3.63, 3.8) is 0 Å². The molecule has 0 saturated carbocycles. The van der Waals surface area contributed by atoms with Gasteiger partial charge in [0.05, 0.1) is 10.9 Å². The Balaban J connectivity index is 1.59. The molecule has 124 valence electrons. The van der Waals surface area contributed by atoms with Gasteiger partial charge in [-0.3, -0.25) is 0 Å². The van der Waals surface area contributed by atoms with Crippen molar-refractivity contribution in [2.24, 2.45) is 0 Å². The summed E-state index contributed by atoms with van der Waals surface area (Å²) in [7, 11) is -1.03. The van der Waals surface area contributed by atoms with Crippen LogP contribution in [0.1, 0.15) is 25.5 Å². The van der Waals surface area contributed by atoms with Crippen molar-refractivity contribution >= 4 is 16.7 Å². The first-order valence-corrected chi connectivity index (χ1v) is 9.30. The summed E-state index contributed by atoms with van der Waals surface area (Å²) in [6.45, 7) is 7.23. The molecule has 0 bridgehead atoms. The minimum Gasteiger partial charge on any atom is -0.356 e. The monoisotopic (exact) mass is 333 g/mol. The third kappa shape index (κ3) is 4.00. The van der Waals surface area contributed by atoms with Crippen LogP contribution in [0.2, 0.25) is 0 Å². The highest BCUT2D eigenvalue weighted by molar-refractivity contribution is 7.87. The number of benzene rings is 1.